The monoisotopic (exact) mass is 248 g/mol. The minimum atomic E-state index is -0.429. The molecule has 0 fully saturated rings. The normalized spacial score (nSPS) is 19.1. The zero-order valence-electron chi connectivity index (χ0n) is 11.3. The maximum Gasteiger partial charge on any atom is 0.268 e. The van der Waals surface area contributed by atoms with Crippen LogP contribution in [0.15, 0.2) is 18.2 Å². The minimum Gasteiger partial charge on any atom is -0.478 e. The van der Waals surface area contributed by atoms with Gasteiger partial charge in [-0.15, -0.1) is 0 Å². The molecule has 1 unspecified atom stereocenters. The van der Waals surface area contributed by atoms with Crippen molar-refractivity contribution in [1.29, 1.82) is 0 Å². The molecule has 1 aromatic rings. The number of nitrogen functional groups attached to an aromatic ring is 1. The molecule has 1 amide bonds. The number of fused-ring (bicyclic) bond motifs is 1. The summed E-state index contributed by atoms with van der Waals surface area (Å²) in [5.74, 6) is 0.854. The maximum absolute atomic E-state index is 12.4. The van der Waals surface area contributed by atoms with E-state index in [0.717, 1.165) is 5.69 Å². The van der Waals surface area contributed by atoms with Crippen LogP contribution in [0.25, 0.3) is 0 Å². The van der Waals surface area contributed by atoms with Crippen LogP contribution in [0.4, 0.5) is 11.4 Å². The van der Waals surface area contributed by atoms with Gasteiger partial charge in [-0.1, -0.05) is 13.8 Å². The van der Waals surface area contributed by atoms with E-state index < -0.39 is 6.10 Å². The fourth-order valence-electron chi connectivity index (χ4n) is 2.22. The molecule has 0 aliphatic carbocycles. The van der Waals surface area contributed by atoms with Crippen molar-refractivity contribution in [2.24, 2.45) is 5.92 Å². The van der Waals surface area contributed by atoms with Gasteiger partial charge in [-0.3, -0.25) is 4.79 Å². The first-order valence-electron chi connectivity index (χ1n) is 6.31. The third kappa shape index (κ3) is 2.03. The highest BCUT2D eigenvalue weighted by Gasteiger charge is 2.37. The van der Waals surface area contributed by atoms with Gasteiger partial charge in [0.2, 0.25) is 0 Å². The van der Waals surface area contributed by atoms with Gasteiger partial charge in [0, 0.05) is 17.8 Å². The second-order valence-electron chi connectivity index (χ2n) is 5.31. The van der Waals surface area contributed by atoms with Crippen LogP contribution in [0.5, 0.6) is 5.75 Å². The zero-order valence-corrected chi connectivity index (χ0v) is 11.3. The molecular formula is C14H20N2O2. The average molecular weight is 248 g/mol. The molecule has 0 saturated carbocycles. The highest BCUT2D eigenvalue weighted by Crippen LogP contribution is 2.38. The molecule has 4 nitrogen and oxygen atoms in total. The Hall–Kier alpha value is -1.71. The van der Waals surface area contributed by atoms with Gasteiger partial charge in [-0.05, 0) is 31.9 Å². The molecule has 1 atom stereocenters. The molecule has 98 valence electrons. The molecule has 1 aliphatic rings. The fourth-order valence-corrected chi connectivity index (χ4v) is 2.22. The van der Waals surface area contributed by atoms with Crippen molar-refractivity contribution in [1.82, 2.24) is 0 Å². The van der Waals surface area contributed by atoms with Crippen molar-refractivity contribution >= 4 is 17.3 Å². The van der Waals surface area contributed by atoms with Crippen LogP contribution in [0, 0.1) is 5.92 Å². The first-order chi connectivity index (χ1) is 8.41. The van der Waals surface area contributed by atoms with E-state index in [1.165, 1.54) is 0 Å². The van der Waals surface area contributed by atoms with Crippen LogP contribution < -0.4 is 15.4 Å². The number of rotatable bonds is 2. The fraction of sp³-hybridized carbons (Fsp3) is 0.500. The maximum atomic E-state index is 12.4. The van der Waals surface area contributed by atoms with E-state index in [1.54, 1.807) is 17.0 Å². The van der Waals surface area contributed by atoms with Crippen molar-refractivity contribution in [2.75, 3.05) is 10.6 Å². The summed E-state index contributed by atoms with van der Waals surface area (Å²) in [6, 6.07) is 5.52. The summed E-state index contributed by atoms with van der Waals surface area (Å²) in [6.45, 7) is 7.97. The predicted octanol–water partition coefficient (Wildman–Crippen LogP) is 2.43. The Kier molecular flexibility index (Phi) is 3.20. The number of ether oxygens (including phenoxy) is 1. The van der Waals surface area contributed by atoms with Gasteiger partial charge in [0.05, 0.1) is 5.69 Å². The van der Waals surface area contributed by atoms with E-state index in [9.17, 15) is 4.79 Å². The van der Waals surface area contributed by atoms with Gasteiger partial charge < -0.3 is 15.4 Å². The van der Waals surface area contributed by atoms with Gasteiger partial charge >= 0.3 is 0 Å². The summed E-state index contributed by atoms with van der Waals surface area (Å²) in [6.07, 6.45) is -0.429. The topological polar surface area (TPSA) is 55.6 Å². The van der Waals surface area contributed by atoms with E-state index in [1.807, 2.05) is 33.8 Å². The van der Waals surface area contributed by atoms with Crippen molar-refractivity contribution in [2.45, 2.75) is 39.8 Å². The number of hydrogen-bond donors (Lipinski definition) is 1. The molecule has 0 radical (unpaired) electrons. The lowest BCUT2D eigenvalue weighted by Gasteiger charge is -2.38. The summed E-state index contributed by atoms with van der Waals surface area (Å²) in [5.41, 5.74) is 7.23. The van der Waals surface area contributed by atoms with Crippen LogP contribution >= 0.6 is 0 Å². The Morgan fingerprint density at radius 1 is 1.28 bits per heavy atom. The van der Waals surface area contributed by atoms with Gasteiger partial charge in [-0.25, -0.2) is 0 Å². The van der Waals surface area contributed by atoms with Crippen LogP contribution in [0.1, 0.15) is 27.7 Å². The van der Waals surface area contributed by atoms with Gasteiger partial charge in [0.15, 0.2) is 6.10 Å². The van der Waals surface area contributed by atoms with Crippen LogP contribution in [0.3, 0.4) is 0 Å². The summed E-state index contributed by atoms with van der Waals surface area (Å²) in [7, 11) is 0. The molecule has 1 aliphatic heterocycles. The Morgan fingerprint density at radius 3 is 2.50 bits per heavy atom. The van der Waals surface area contributed by atoms with E-state index in [0.29, 0.717) is 11.4 Å². The third-order valence-electron chi connectivity index (χ3n) is 3.10. The molecular weight excluding hydrogens is 228 g/mol. The van der Waals surface area contributed by atoms with E-state index >= 15 is 0 Å². The van der Waals surface area contributed by atoms with Gasteiger partial charge in [-0.2, -0.15) is 0 Å². The largest absolute Gasteiger partial charge is 0.478 e. The molecule has 0 saturated heterocycles. The van der Waals surface area contributed by atoms with Crippen LogP contribution in [-0.4, -0.2) is 18.1 Å². The third-order valence-corrected chi connectivity index (χ3v) is 3.10. The molecule has 0 spiro atoms. The predicted molar refractivity (Wildman–Crippen MR) is 72.7 cm³/mol. The molecule has 18 heavy (non-hydrogen) atoms. The highest BCUT2D eigenvalue weighted by molar-refractivity contribution is 6.00. The van der Waals surface area contributed by atoms with E-state index in [-0.39, 0.29) is 17.9 Å². The minimum absolute atomic E-state index is 0.0253. The van der Waals surface area contributed by atoms with Gasteiger partial charge in [0.1, 0.15) is 5.75 Å². The molecule has 0 bridgehead atoms. The summed E-state index contributed by atoms with van der Waals surface area (Å²) in [5, 5.41) is 0. The lowest BCUT2D eigenvalue weighted by atomic mass is 10.0. The number of amides is 1. The Labute approximate surface area is 108 Å². The second kappa shape index (κ2) is 4.52. The molecule has 2 N–H and O–H groups in total. The van der Waals surface area contributed by atoms with Crippen LogP contribution in [0.2, 0.25) is 0 Å². The quantitative estimate of drug-likeness (QED) is 0.818. The Balaban J connectivity index is 2.50. The first-order valence-corrected chi connectivity index (χ1v) is 6.31. The summed E-state index contributed by atoms with van der Waals surface area (Å²) < 4.78 is 5.80. The van der Waals surface area contributed by atoms with Crippen molar-refractivity contribution in [3.63, 3.8) is 0 Å². The van der Waals surface area contributed by atoms with E-state index in [2.05, 4.69) is 0 Å². The van der Waals surface area contributed by atoms with Gasteiger partial charge in [0.25, 0.3) is 5.91 Å². The highest BCUT2D eigenvalue weighted by atomic mass is 16.5. The summed E-state index contributed by atoms with van der Waals surface area (Å²) in [4.78, 5) is 14.2. The number of nitrogens with two attached hydrogens (primary N) is 1. The first kappa shape index (κ1) is 12.7. The number of benzene rings is 1. The van der Waals surface area contributed by atoms with Crippen molar-refractivity contribution in [3.8, 4) is 5.75 Å². The number of hydrogen-bond acceptors (Lipinski definition) is 3. The SMILES string of the molecule is CC(C)C1Oc2cc(N)ccc2N(C(C)C)C1=O. The van der Waals surface area contributed by atoms with Crippen LogP contribution in [-0.2, 0) is 4.79 Å². The van der Waals surface area contributed by atoms with Crippen molar-refractivity contribution < 1.29 is 9.53 Å². The van der Waals surface area contributed by atoms with Crippen molar-refractivity contribution in [3.05, 3.63) is 18.2 Å². The smallest absolute Gasteiger partial charge is 0.268 e. The molecule has 2 rings (SSSR count). The molecule has 4 heteroatoms. The molecule has 1 heterocycles. The number of carbonyl (C=O) groups is 1. The summed E-state index contributed by atoms with van der Waals surface area (Å²) >= 11 is 0. The number of anilines is 2. The number of carbonyl (C=O) groups excluding carboxylic acids is 1. The number of nitrogens with zero attached hydrogens (tertiary/aromatic N) is 1. The molecule has 1 aromatic carbocycles. The van der Waals surface area contributed by atoms with E-state index in [4.69, 9.17) is 10.5 Å². The molecule has 0 aromatic heterocycles. The zero-order chi connectivity index (χ0) is 13.4. The lowest BCUT2D eigenvalue weighted by molar-refractivity contribution is -0.128. The Bertz CT molecular complexity index is 469. The Morgan fingerprint density at radius 2 is 1.94 bits per heavy atom. The lowest BCUT2D eigenvalue weighted by Crippen LogP contribution is -2.51. The average Bonchev–Trinajstić information content (AvgIpc) is 2.27. The standard InChI is InChI=1S/C14H20N2O2/c1-8(2)13-14(17)16(9(3)4)11-6-5-10(15)7-12(11)18-13/h5-9,13H,15H2,1-4H3. The second-order valence-corrected chi connectivity index (χ2v) is 5.31.